The Morgan fingerprint density at radius 3 is 1.51 bits per heavy atom. The quantitative estimate of drug-likeness (QED) is 0.0644. The summed E-state index contributed by atoms with van der Waals surface area (Å²) in [5.41, 5.74) is 3.19. The van der Waals surface area contributed by atoms with E-state index in [2.05, 4.69) is 10.2 Å². The van der Waals surface area contributed by atoms with Crippen LogP contribution in [-0.2, 0) is 53.7 Å². The molecule has 1 amide bonds. The Morgan fingerprint density at radius 2 is 1.06 bits per heavy atom. The van der Waals surface area contributed by atoms with Crippen LogP contribution < -0.4 is 14.7 Å². The van der Waals surface area contributed by atoms with Gasteiger partial charge in [0.2, 0.25) is 0 Å². The molecule has 1 N–H and O–H groups in total. The number of hydrogen-bond acceptors (Lipinski definition) is 11. The van der Waals surface area contributed by atoms with Gasteiger partial charge in [-0.3, -0.25) is 22.9 Å². The Balaban J connectivity index is 1.41. The van der Waals surface area contributed by atoms with Crippen LogP contribution in [0.15, 0.2) is 163 Å². The van der Waals surface area contributed by atoms with Gasteiger partial charge in [0.1, 0.15) is 11.5 Å². The average Bonchev–Trinajstić information content (AvgIpc) is 3.72. The van der Waals surface area contributed by atoms with Crippen LogP contribution >= 0.6 is 15.6 Å². The number of rotatable bonds is 22. The van der Waals surface area contributed by atoms with Gasteiger partial charge >= 0.3 is 21.3 Å². The van der Waals surface area contributed by atoms with Gasteiger partial charge in [-0.15, -0.1) is 0 Å². The number of carbonyl (C=O) groups is 1. The van der Waals surface area contributed by atoms with Crippen LogP contribution in [0.4, 0.5) is 0 Å². The van der Waals surface area contributed by atoms with E-state index >= 15 is 4.57 Å². The second-order valence-electron chi connectivity index (χ2n) is 15.0. The van der Waals surface area contributed by atoms with Crippen molar-refractivity contribution in [2.45, 2.75) is 53.1 Å². The third-order valence-electron chi connectivity index (χ3n) is 10.1. The van der Waals surface area contributed by atoms with Crippen molar-refractivity contribution in [1.29, 1.82) is 0 Å². The molecule has 0 fully saturated rings. The van der Waals surface area contributed by atoms with Gasteiger partial charge in [0.25, 0.3) is 5.91 Å². The molecule has 0 atom stereocenters. The van der Waals surface area contributed by atoms with E-state index in [1.54, 1.807) is 67.7 Å². The number of nitrogens with one attached hydrogen (secondary N) is 1. The van der Waals surface area contributed by atoms with Gasteiger partial charge in [0.05, 0.1) is 43.2 Å². The standard InChI is InChI=1S/C49H50N4O10P2/c1-4-5-30-52(3)48(54)43-31-42(47-50-51-49(55)53(47)44-29-19-18-20-37(44)2)45(62-64(56,58-33-38-21-10-6-11-22-38)59-34-39-23-12-7-13-24-39)32-46(43)63-65(57,60-35-40-25-14-8-15-26-40)61-36-41-27-16-9-17-28-41/h6-29,31-32H,4-5,30,33-36H2,1-3H3,(H,51,55). The Labute approximate surface area is 377 Å². The van der Waals surface area contributed by atoms with Gasteiger partial charge in [-0.25, -0.2) is 23.6 Å². The lowest BCUT2D eigenvalue weighted by atomic mass is 10.1. The van der Waals surface area contributed by atoms with E-state index in [0.29, 0.717) is 40.9 Å². The highest BCUT2D eigenvalue weighted by Crippen LogP contribution is 2.56. The second-order valence-corrected chi connectivity index (χ2v) is 18.2. The third-order valence-corrected chi connectivity index (χ3v) is 12.7. The zero-order valence-corrected chi connectivity index (χ0v) is 38.1. The molecular weight excluding hydrogens is 867 g/mol. The van der Waals surface area contributed by atoms with Gasteiger partial charge in [-0.2, -0.15) is 5.10 Å². The number of benzene rings is 6. The van der Waals surface area contributed by atoms with Gasteiger partial charge in [0.15, 0.2) is 5.82 Å². The normalized spacial score (nSPS) is 11.6. The molecule has 14 nitrogen and oxygen atoms in total. The number of para-hydroxylation sites is 1. The fourth-order valence-electron chi connectivity index (χ4n) is 6.60. The maximum Gasteiger partial charge on any atom is 0.530 e. The van der Waals surface area contributed by atoms with Gasteiger partial charge in [-0.05, 0) is 53.3 Å². The minimum absolute atomic E-state index is 0.0161. The Morgan fingerprint density at radius 1 is 0.631 bits per heavy atom. The first-order chi connectivity index (χ1) is 31.5. The number of phosphoric acid groups is 2. The van der Waals surface area contributed by atoms with Crippen molar-refractivity contribution in [2.24, 2.45) is 0 Å². The predicted octanol–water partition coefficient (Wildman–Crippen LogP) is 11.2. The topological polar surface area (TPSA) is 161 Å². The van der Waals surface area contributed by atoms with Crippen LogP contribution in [0.2, 0.25) is 0 Å². The van der Waals surface area contributed by atoms with Crippen LogP contribution in [-0.4, -0.2) is 39.2 Å². The summed E-state index contributed by atoms with van der Waals surface area (Å²) in [6.45, 7) is 3.46. The van der Waals surface area contributed by atoms with Crippen molar-refractivity contribution in [1.82, 2.24) is 19.7 Å². The summed E-state index contributed by atoms with van der Waals surface area (Å²) < 4.78 is 68.2. The summed E-state index contributed by atoms with van der Waals surface area (Å²) in [5, 5.41) is 6.93. The molecule has 0 radical (unpaired) electrons. The molecule has 0 saturated carbocycles. The SMILES string of the molecule is CCCCN(C)C(=O)c1cc(-c2n[nH]c(=O)n2-c2ccccc2C)c(OP(=O)(OCc2ccccc2)OCc2ccccc2)cc1OP(=O)(OCc1ccccc1)OCc1ccccc1. The zero-order chi connectivity index (χ0) is 45.7. The number of aryl methyl sites for hydroxylation is 1. The molecule has 336 valence electrons. The van der Waals surface area contributed by atoms with E-state index in [1.165, 1.54) is 21.6 Å². The molecule has 6 aromatic carbocycles. The van der Waals surface area contributed by atoms with Crippen LogP contribution in [0.1, 0.15) is 57.9 Å². The first-order valence-corrected chi connectivity index (χ1v) is 24.0. The lowest BCUT2D eigenvalue weighted by molar-refractivity contribution is 0.0790. The smallest absolute Gasteiger partial charge is 0.403 e. The summed E-state index contributed by atoms with van der Waals surface area (Å²) in [7, 11) is -7.69. The largest absolute Gasteiger partial charge is 0.530 e. The first-order valence-electron chi connectivity index (χ1n) is 21.0. The van der Waals surface area contributed by atoms with E-state index in [1.807, 2.05) is 98.8 Å². The summed E-state index contributed by atoms with van der Waals surface area (Å²) in [6.07, 6.45) is 1.48. The van der Waals surface area contributed by atoms with Crippen LogP contribution in [0.5, 0.6) is 11.5 Å². The molecule has 7 aromatic rings. The van der Waals surface area contributed by atoms with Gasteiger partial charge in [-0.1, -0.05) is 153 Å². The molecule has 0 saturated heterocycles. The van der Waals surface area contributed by atoms with Crippen molar-refractivity contribution < 1.29 is 41.1 Å². The first kappa shape index (κ1) is 46.6. The van der Waals surface area contributed by atoms with E-state index in [4.69, 9.17) is 27.1 Å². The van der Waals surface area contributed by atoms with Crippen molar-refractivity contribution in [3.8, 4) is 28.6 Å². The number of aromatic nitrogens is 3. The fraction of sp³-hybridized carbons (Fsp3) is 0.204. The Bertz CT molecular complexity index is 2710. The average molecular weight is 917 g/mol. The minimum atomic E-state index is -4.67. The van der Waals surface area contributed by atoms with Gasteiger partial charge < -0.3 is 13.9 Å². The van der Waals surface area contributed by atoms with E-state index in [9.17, 15) is 14.2 Å². The molecule has 16 heteroatoms. The second kappa shape index (κ2) is 22.0. The summed E-state index contributed by atoms with van der Waals surface area (Å²) in [4.78, 5) is 29.8. The van der Waals surface area contributed by atoms with Crippen molar-refractivity contribution in [3.05, 3.63) is 202 Å². The summed E-state index contributed by atoms with van der Waals surface area (Å²) in [5.74, 6) is -1.12. The Hall–Kier alpha value is -6.37. The molecule has 0 spiro atoms. The number of aromatic amines is 1. The molecule has 0 aliphatic heterocycles. The number of H-pyrrole nitrogens is 1. The Kier molecular flexibility index (Phi) is 15.8. The molecule has 1 heterocycles. The number of hydrogen-bond donors (Lipinski definition) is 1. The van der Waals surface area contributed by atoms with Crippen molar-refractivity contribution in [2.75, 3.05) is 13.6 Å². The maximum absolute atomic E-state index is 15.1. The van der Waals surface area contributed by atoms with Crippen LogP contribution in [0, 0.1) is 6.92 Å². The predicted molar refractivity (Wildman–Crippen MR) is 248 cm³/mol. The highest BCUT2D eigenvalue weighted by atomic mass is 31.2. The zero-order valence-electron chi connectivity index (χ0n) is 36.3. The number of carbonyl (C=O) groups excluding carboxylic acids is 1. The van der Waals surface area contributed by atoms with E-state index < -0.39 is 27.2 Å². The number of phosphoric ester groups is 2. The molecule has 0 bridgehead atoms. The monoisotopic (exact) mass is 916 g/mol. The van der Waals surface area contributed by atoms with Crippen molar-refractivity contribution in [3.63, 3.8) is 0 Å². The molecule has 0 aliphatic rings. The lowest BCUT2D eigenvalue weighted by Gasteiger charge is -2.25. The highest BCUT2D eigenvalue weighted by molar-refractivity contribution is 7.49. The maximum atomic E-state index is 15.1. The third kappa shape index (κ3) is 12.5. The summed E-state index contributed by atoms with van der Waals surface area (Å²) >= 11 is 0. The van der Waals surface area contributed by atoms with Crippen LogP contribution in [0.25, 0.3) is 17.1 Å². The van der Waals surface area contributed by atoms with Gasteiger partial charge in [0, 0.05) is 19.7 Å². The van der Waals surface area contributed by atoms with E-state index in [-0.39, 0.29) is 54.9 Å². The molecular formula is C49H50N4O10P2. The fourth-order valence-corrected chi connectivity index (χ4v) is 8.98. The van der Waals surface area contributed by atoms with Crippen molar-refractivity contribution >= 4 is 21.6 Å². The highest BCUT2D eigenvalue weighted by Gasteiger charge is 2.37. The lowest BCUT2D eigenvalue weighted by Crippen LogP contribution is -2.28. The molecule has 65 heavy (non-hydrogen) atoms. The minimum Gasteiger partial charge on any atom is -0.403 e. The number of unbranched alkanes of at least 4 members (excludes halogenated alkanes) is 1. The molecule has 0 unspecified atom stereocenters. The van der Waals surface area contributed by atoms with Crippen LogP contribution in [0.3, 0.4) is 0 Å². The van der Waals surface area contributed by atoms with E-state index in [0.717, 1.165) is 12.0 Å². The summed E-state index contributed by atoms with van der Waals surface area (Å²) in [6, 6.07) is 46.0. The molecule has 1 aromatic heterocycles. The molecule has 0 aliphatic carbocycles. The molecule has 7 rings (SSSR count). The number of nitrogens with zero attached hydrogens (tertiary/aromatic N) is 3. The number of amides is 1.